The lowest BCUT2D eigenvalue weighted by atomic mass is 9.97. The maximum Gasteiger partial charge on any atom is 0.254 e. The van der Waals surface area contributed by atoms with Crippen LogP contribution in [0.5, 0.6) is 0 Å². The molecule has 130 valence electrons. The van der Waals surface area contributed by atoms with Gasteiger partial charge in [-0.05, 0) is 37.2 Å². The van der Waals surface area contributed by atoms with Crippen LogP contribution in [0.3, 0.4) is 0 Å². The Morgan fingerprint density at radius 1 is 1.08 bits per heavy atom. The van der Waals surface area contributed by atoms with Crippen molar-refractivity contribution < 1.29 is 9.59 Å². The van der Waals surface area contributed by atoms with Gasteiger partial charge in [-0.25, -0.2) is 0 Å². The van der Waals surface area contributed by atoms with Crippen molar-refractivity contribution in [2.24, 2.45) is 0 Å². The van der Waals surface area contributed by atoms with Gasteiger partial charge >= 0.3 is 0 Å². The Balaban J connectivity index is 1.93. The van der Waals surface area contributed by atoms with Gasteiger partial charge in [0.1, 0.15) is 0 Å². The number of carbonyl (C=O) groups excluding carboxylic acids is 2. The number of hydrogen-bond donors (Lipinski definition) is 1. The molecule has 2 aromatic rings. The third-order valence-electron chi connectivity index (χ3n) is 4.49. The Bertz CT molecular complexity index is 817. The summed E-state index contributed by atoms with van der Waals surface area (Å²) in [4.78, 5) is 27.5. The van der Waals surface area contributed by atoms with E-state index in [2.05, 4.69) is 5.32 Å². The summed E-state index contributed by atoms with van der Waals surface area (Å²) in [5.74, 6) is -0.404. The smallest absolute Gasteiger partial charge is 0.254 e. The van der Waals surface area contributed by atoms with E-state index in [1.54, 1.807) is 48.3 Å². The molecule has 25 heavy (non-hydrogen) atoms. The number of likely N-dealkylation sites (N-methyl/N-ethyl adjacent to an activating group) is 1. The highest BCUT2D eigenvalue weighted by molar-refractivity contribution is 6.42. The molecule has 4 nitrogen and oxygen atoms in total. The number of hydrogen-bond acceptors (Lipinski definition) is 3. The van der Waals surface area contributed by atoms with Crippen LogP contribution in [0.4, 0.5) is 0 Å². The number of amides is 1. The molecular weight excluding hydrogens is 359 g/mol. The summed E-state index contributed by atoms with van der Waals surface area (Å²) in [6.07, 6.45) is 0.908. The molecule has 1 atom stereocenters. The summed E-state index contributed by atoms with van der Waals surface area (Å²) in [5.41, 5.74) is 1.16. The summed E-state index contributed by atoms with van der Waals surface area (Å²) in [5, 5.41) is 3.94. The first-order valence-electron chi connectivity index (χ1n) is 8.05. The van der Waals surface area contributed by atoms with E-state index in [0.29, 0.717) is 26.7 Å². The summed E-state index contributed by atoms with van der Waals surface area (Å²) in [6, 6.07) is 11.7. The van der Waals surface area contributed by atoms with E-state index >= 15 is 0 Å². The van der Waals surface area contributed by atoms with Gasteiger partial charge in [0.25, 0.3) is 5.91 Å². The van der Waals surface area contributed by atoms with Crippen LogP contribution < -0.4 is 5.32 Å². The van der Waals surface area contributed by atoms with Gasteiger partial charge in [-0.1, -0.05) is 41.4 Å². The highest BCUT2D eigenvalue weighted by Crippen LogP contribution is 2.25. The van der Waals surface area contributed by atoms with Crippen LogP contribution in [0.2, 0.25) is 10.0 Å². The predicted molar refractivity (Wildman–Crippen MR) is 99.7 cm³/mol. The molecule has 3 rings (SSSR count). The maximum atomic E-state index is 12.9. The quantitative estimate of drug-likeness (QED) is 0.828. The van der Waals surface area contributed by atoms with Crippen LogP contribution in [0.15, 0.2) is 42.5 Å². The van der Waals surface area contributed by atoms with Gasteiger partial charge in [0, 0.05) is 30.8 Å². The van der Waals surface area contributed by atoms with E-state index in [-0.39, 0.29) is 17.7 Å². The lowest BCUT2D eigenvalue weighted by Gasteiger charge is -2.24. The molecule has 1 N–H and O–H groups in total. The minimum Gasteiger partial charge on any atom is -0.337 e. The molecule has 1 fully saturated rings. The third kappa shape index (κ3) is 3.71. The Hall–Kier alpha value is -1.88. The molecule has 1 unspecified atom stereocenters. The third-order valence-corrected chi connectivity index (χ3v) is 5.23. The fourth-order valence-corrected chi connectivity index (χ4v) is 3.28. The minimum atomic E-state index is -0.250. The zero-order chi connectivity index (χ0) is 18.0. The molecular formula is C19H18Cl2N2O2. The van der Waals surface area contributed by atoms with E-state index in [9.17, 15) is 9.59 Å². The van der Waals surface area contributed by atoms with Crippen LogP contribution >= 0.6 is 23.2 Å². The molecule has 1 heterocycles. The molecule has 0 aliphatic carbocycles. The van der Waals surface area contributed by atoms with Crippen molar-refractivity contribution in [1.29, 1.82) is 0 Å². The minimum absolute atomic E-state index is 0.139. The maximum absolute atomic E-state index is 12.9. The lowest BCUT2D eigenvalue weighted by Crippen LogP contribution is -2.39. The van der Waals surface area contributed by atoms with Crippen molar-refractivity contribution in [3.8, 4) is 0 Å². The predicted octanol–water partition coefficient (Wildman–Crippen LogP) is 3.66. The number of halogens is 2. The first kappa shape index (κ1) is 17.9. The van der Waals surface area contributed by atoms with E-state index in [0.717, 1.165) is 19.5 Å². The molecule has 0 aromatic heterocycles. The molecule has 1 saturated heterocycles. The number of carbonyl (C=O) groups is 2. The lowest BCUT2D eigenvalue weighted by molar-refractivity contribution is 0.0739. The Morgan fingerprint density at radius 3 is 2.44 bits per heavy atom. The van der Waals surface area contributed by atoms with E-state index < -0.39 is 0 Å². The zero-order valence-electron chi connectivity index (χ0n) is 13.8. The van der Waals surface area contributed by atoms with Gasteiger partial charge < -0.3 is 10.2 Å². The van der Waals surface area contributed by atoms with Gasteiger partial charge in [-0.2, -0.15) is 0 Å². The van der Waals surface area contributed by atoms with Crippen molar-refractivity contribution in [3.63, 3.8) is 0 Å². The fourth-order valence-electron chi connectivity index (χ4n) is 2.99. The topological polar surface area (TPSA) is 49.4 Å². The molecule has 2 aromatic carbocycles. The molecule has 1 aliphatic heterocycles. The summed E-state index contributed by atoms with van der Waals surface area (Å²) < 4.78 is 0. The Morgan fingerprint density at radius 2 is 1.80 bits per heavy atom. The van der Waals surface area contributed by atoms with Crippen LogP contribution in [-0.4, -0.2) is 42.8 Å². The SMILES string of the molecule is CN(C(=O)c1ccccc1C(=O)c1ccc(Cl)c(Cl)c1)C1CCNC1. The average Bonchev–Trinajstić information content (AvgIpc) is 3.17. The van der Waals surface area contributed by atoms with Crippen LogP contribution in [0.1, 0.15) is 32.7 Å². The monoisotopic (exact) mass is 376 g/mol. The van der Waals surface area contributed by atoms with Crippen LogP contribution in [0, 0.1) is 0 Å². The molecule has 0 spiro atoms. The highest BCUT2D eigenvalue weighted by Gasteiger charge is 2.27. The first-order valence-corrected chi connectivity index (χ1v) is 8.81. The van der Waals surface area contributed by atoms with E-state index in [1.165, 1.54) is 6.07 Å². The van der Waals surface area contributed by atoms with Crippen molar-refractivity contribution in [3.05, 3.63) is 69.2 Å². The Kier molecular flexibility index (Phi) is 5.42. The summed E-state index contributed by atoms with van der Waals surface area (Å²) in [7, 11) is 1.78. The van der Waals surface area contributed by atoms with Crippen molar-refractivity contribution in [2.75, 3.05) is 20.1 Å². The van der Waals surface area contributed by atoms with Gasteiger partial charge in [0.15, 0.2) is 5.78 Å². The second-order valence-corrected chi connectivity index (χ2v) is 6.88. The second kappa shape index (κ2) is 7.56. The van der Waals surface area contributed by atoms with E-state index in [4.69, 9.17) is 23.2 Å². The van der Waals surface area contributed by atoms with Crippen molar-refractivity contribution >= 4 is 34.9 Å². The number of nitrogens with one attached hydrogen (secondary N) is 1. The zero-order valence-corrected chi connectivity index (χ0v) is 15.3. The van der Waals surface area contributed by atoms with Gasteiger partial charge in [0.2, 0.25) is 0 Å². The van der Waals surface area contributed by atoms with Crippen molar-refractivity contribution in [2.45, 2.75) is 12.5 Å². The molecule has 0 radical (unpaired) electrons. The Labute approximate surface area is 156 Å². The van der Waals surface area contributed by atoms with Gasteiger partial charge in [-0.3, -0.25) is 9.59 Å². The summed E-state index contributed by atoms with van der Waals surface area (Å²) in [6.45, 7) is 1.66. The standard InChI is InChI=1S/C19H18Cl2N2O2/c1-23(13-8-9-22-11-13)19(25)15-5-3-2-4-14(15)18(24)12-6-7-16(20)17(21)10-12/h2-7,10,13,22H,8-9,11H2,1H3. The number of nitrogens with zero attached hydrogens (tertiary/aromatic N) is 1. The summed E-state index contributed by atoms with van der Waals surface area (Å²) >= 11 is 11.9. The second-order valence-electron chi connectivity index (χ2n) is 6.07. The number of ketones is 1. The normalized spacial score (nSPS) is 16.7. The van der Waals surface area contributed by atoms with Crippen LogP contribution in [0.25, 0.3) is 0 Å². The molecule has 0 bridgehead atoms. The average molecular weight is 377 g/mol. The molecule has 1 amide bonds. The number of rotatable bonds is 4. The first-order chi connectivity index (χ1) is 12.0. The highest BCUT2D eigenvalue weighted by atomic mass is 35.5. The molecule has 0 saturated carbocycles. The van der Waals surface area contributed by atoms with Gasteiger partial charge in [0.05, 0.1) is 15.6 Å². The van der Waals surface area contributed by atoms with Crippen LogP contribution in [-0.2, 0) is 0 Å². The van der Waals surface area contributed by atoms with Gasteiger partial charge in [-0.15, -0.1) is 0 Å². The molecule has 6 heteroatoms. The molecule has 1 aliphatic rings. The van der Waals surface area contributed by atoms with E-state index in [1.807, 2.05) is 0 Å². The van der Waals surface area contributed by atoms with Crippen molar-refractivity contribution in [1.82, 2.24) is 10.2 Å². The number of benzene rings is 2. The largest absolute Gasteiger partial charge is 0.337 e. The fraction of sp³-hybridized carbons (Fsp3) is 0.263.